The molecule has 0 aliphatic heterocycles. The van der Waals surface area contributed by atoms with Gasteiger partial charge in [-0.25, -0.2) is 0 Å². The Balaban J connectivity index is -0.0000000450. The molecule has 6 heavy (non-hydrogen) atoms. The number of carboxylic acids is 1. The van der Waals surface area contributed by atoms with Crippen molar-refractivity contribution in [2.75, 3.05) is 0 Å². The van der Waals surface area contributed by atoms with Gasteiger partial charge in [-0.1, -0.05) is 0 Å². The van der Waals surface area contributed by atoms with E-state index in [1.807, 2.05) is 0 Å². The monoisotopic (exact) mass is 72.0 g/mol. The molecule has 24 valence electrons. The van der Waals surface area contributed by atoms with Gasteiger partial charge in [0.05, 0.1) is 0 Å². The minimum Gasteiger partial charge on any atom is -0.550 e. The molecule has 0 aliphatic rings. The summed E-state index contributed by atoms with van der Waals surface area (Å²) in [4.78, 5) is 8.78. The molecule has 0 aromatic carbocycles. The summed E-state index contributed by atoms with van der Waals surface area (Å²) in [6, 6.07) is 0. The predicted molar refractivity (Wildman–Crippen MR) is 16.1 cm³/mol. The first-order valence-electron chi connectivity index (χ1n) is 0.762. The van der Waals surface area contributed by atoms with Crippen molar-refractivity contribution in [1.29, 1.82) is 0 Å². The average molecular weight is 71.9 g/mol. The second-order valence-corrected chi connectivity index (χ2v) is 0.372. The summed E-state index contributed by atoms with van der Waals surface area (Å²) in [5.41, 5.74) is 0. The first kappa shape index (κ1) is 15.9. The molecule has 0 spiro atoms. The Morgan fingerprint density at radius 2 is 1.67 bits per heavy atom. The van der Waals surface area contributed by atoms with E-state index in [1.165, 1.54) is 0 Å². The molecule has 0 bridgehead atoms. The van der Waals surface area contributed by atoms with E-state index in [1.54, 1.807) is 0 Å². The van der Waals surface area contributed by atoms with Gasteiger partial charge in [0, 0.05) is 24.8 Å². The SMILES string of the molecule is [CH2]C(=O)[O-].[Li+].[Li]. The van der Waals surface area contributed by atoms with E-state index in [0.717, 1.165) is 0 Å². The molecule has 0 heterocycles. The van der Waals surface area contributed by atoms with Crippen molar-refractivity contribution in [2.24, 2.45) is 0 Å². The van der Waals surface area contributed by atoms with E-state index < -0.39 is 5.97 Å². The van der Waals surface area contributed by atoms with Crippen molar-refractivity contribution in [2.45, 2.75) is 0 Å². The van der Waals surface area contributed by atoms with Crippen LogP contribution in [0.5, 0.6) is 0 Å². The number of hydrogen-bond acceptors (Lipinski definition) is 2. The Kier molecular flexibility index (Phi) is 24.4. The van der Waals surface area contributed by atoms with Gasteiger partial charge in [-0.15, -0.1) is 0 Å². The zero-order chi connectivity index (χ0) is 3.58. The van der Waals surface area contributed by atoms with Gasteiger partial charge in [-0.2, -0.15) is 0 Å². The summed E-state index contributed by atoms with van der Waals surface area (Å²) < 4.78 is 0. The van der Waals surface area contributed by atoms with E-state index in [4.69, 9.17) is 9.90 Å². The number of hydrogen-bond donors (Lipinski definition) is 0. The van der Waals surface area contributed by atoms with Crippen LogP contribution in [0.3, 0.4) is 0 Å². The molecular formula is C2H2Li2O2. The molecule has 0 aromatic heterocycles. The summed E-state index contributed by atoms with van der Waals surface area (Å²) in [7, 11) is 0. The maximum absolute atomic E-state index is 8.78. The van der Waals surface area contributed by atoms with Crippen molar-refractivity contribution in [1.82, 2.24) is 0 Å². The predicted octanol–water partition coefficient (Wildman–Crippen LogP) is -4.81. The number of aliphatic carboxylic acids is 1. The molecule has 0 aliphatic carbocycles. The molecule has 0 rings (SSSR count). The van der Waals surface area contributed by atoms with E-state index >= 15 is 0 Å². The largest absolute Gasteiger partial charge is 1.00 e. The third kappa shape index (κ3) is 142. The van der Waals surface area contributed by atoms with Crippen molar-refractivity contribution in [3.05, 3.63) is 6.92 Å². The Morgan fingerprint density at radius 3 is 1.67 bits per heavy atom. The van der Waals surface area contributed by atoms with Gasteiger partial charge < -0.3 is 9.90 Å². The zero-order valence-electron chi connectivity index (χ0n) is 4.02. The molecule has 0 saturated carbocycles. The third-order valence-corrected chi connectivity index (χ3v) is 0. The van der Waals surface area contributed by atoms with E-state index in [-0.39, 0.29) is 37.7 Å². The normalized spacial score (nSPS) is 4.17. The first-order valence-corrected chi connectivity index (χ1v) is 0.762. The number of carbonyl (C=O) groups is 1. The van der Waals surface area contributed by atoms with Crippen LogP contribution in [-0.2, 0) is 4.79 Å². The molecule has 2 nitrogen and oxygen atoms in total. The molecular weight excluding hydrogens is 69.9 g/mol. The standard InChI is InChI=1S/C2H3O2.2Li/c1-2(3)4;;/h1H2,(H,3,4);;/q;;+1/p-1. The summed E-state index contributed by atoms with van der Waals surface area (Å²) in [5, 5.41) is 8.78. The number of rotatable bonds is 0. The Labute approximate surface area is 60.7 Å². The van der Waals surface area contributed by atoms with E-state index in [2.05, 4.69) is 6.92 Å². The van der Waals surface area contributed by atoms with Crippen LogP contribution >= 0.6 is 0 Å². The molecule has 0 atom stereocenters. The van der Waals surface area contributed by atoms with Crippen LogP contribution in [0.4, 0.5) is 0 Å². The van der Waals surface area contributed by atoms with E-state index in [9.17, 15) is 0 Å². The second-order valence-electron chi connectivity index (χ2n) is 0.372. The number of carbonyl (C=O) groups excluding carboxylic acids is 1. The molecule has 0 aromatic rings. The maximum Gasteiger partial charge on any atom is 1.00 e. The van der Waals surface area contributed by atoms with Crippen LogP contribution < -0.4 is 24.0 Å². The van der Waals surface area contributed by atoms with Crippen LogP contribution in [0.15, 0.2) is 0 Å². The van der Waals surface area contributed by atoms with Crippen LogP contribution in [0.25, 0.3) is 0 Å². The fourth-order valence-corrected chi connectivity index (χ4v) is 0. The Morgan fingerprint density at radius 1 is 1.67 bits per heavy atom. The van der Waals surface area contributed by atoms with Gasteiger partial charge in [0.25, 0.3) is 0 Å². The van der Waals surface area contributed by atoms with Crippen molar-refractivity contribution >= 4 is 24.8 Å². The third-order valence-electron chi connectivity index (χ3n) is 0. The average Bonchev–Trinajstić information content (AvgIpc) is 0.811. The maximum atomic E-state index is 8.78. The summed E-state index contributed by atoms with van der Waals surface area (Å²) in [6.45, 7) is 2.44. The van der Waals surface area contributed by atoms with Gasteiger partial charge in [-0.05, 0) is 6.92 Å². The minimum atomic E-state index is -1.33. The molecule has 0 amide bonds. The van der Waals surface area contributed by atoms with Gasteiger partial charge in [-0.3, -0.25) is 0 Å². The zero-order valence-corrected chi connectivity index (χ0v) is 4.02. The smallest absolute Gasteiger partial charge is 0.550 e. The van der Waals surface area contributed by atoms with Crippen LogP contribution in [-0.4, -0.2) is 24.8 Å². The van der Waals surface area contributed by atoms with Gasteiger partial charge in [0.2, 0.25) is 0 Å². The molecule has 0 saturated heterocycles. The van der Waals surface area contributed by atoms with Crippen LogP contribution in [0, 0.1) is 6.92 Å². The number of carboxylic acid groups (broad SMARTS) is 1. The fourth-order valence-electron chi connectivity index (χ4n) is 0. The topological polar surface area (TPSA) is 40.1 Å². The molecule has 2 radical (unpaired) electrons. The quantitative estimate of drug-likeness (QED) is 0.269. The Bertz CT molecular complexity index is 32.5. The molecule has 4 heteroatoms. The van der Waals surface area contributed by atoms with Gasteiger partial charge in [0.15, 0.2) is 0 Å². The van der Waals surface area contributed by atoms with Crippen molar-refractivity contribution in [3.63, 3.8) is 0 Å². The molecule has 0 fully saturated rings. The fraction of sp³-hybridized carbons (Fsp3) is 0. The van der Waals surface area contributed by atoms with Crippen LogP contribution in [0.2, 0.25) is 0 Å². The van der Waals surface area contributed by atoms with E-state index in [0.29, 0.717) is 0 Å². The molecule has 0 unspecified atom stereocenters. The van der Waals surface area contributed by atoms with Crippen molar-refractivity contribution in [3.8, 4) is 0 Å². The van der Waals surface area contributed by atoms with Gasteiger partial charge >= 0.3 is 18.9 Å². The minimum absolute atomic E-state index is 0. The second kappa shape index (κ2) is 9.18. The first-order chi connectivity index (χ1) is 1.73. The summed E-state index contributed by atoms with van der Waals surface area (Å²) >= 11 is 0. The van der Waals surface area contributed by atoms with Gasteiger partial charge in [0.1, 0.15) is 0 Å². The summed E-state index contributed by atoms with van der Waals surface area (Å²) in [5.74, 6) is -1.33. The summed E-state index contributed by atoms with van der Waals surface area (Å²) in [6.07, 6.45) is 0. The molecule has 0 N–H and O–H groups in total. The van der Waals surface area contributed by atoms with Crippen LogP contribution in [0.1, 0.15) is 0 Å². The van der Waals surface area contributed by atoms with Crippen molar-refractivity contribution < 1.29 is 28.8 Å². The Hall–Kier alpha value is 0.665.